The van der Waals surface area contributed by atoms with E-state index >= 15 is 0 Å². The van der Waals surface area contributed by atoms with Gasteiger partial charge in [0.2, 0.25) is 0 Å². The lowest BCUT2D eigenvalue weighted by Gasteiger charge is -2.04. The molecule has 7 heteroatoms. The van der Waals surface area contributed by atoms with Gasteiger partial charge in [-0.1, -0.05) is 19.9 Å². The number of hydrogen-bond acceptors (Lipinski definition) is 5. The van der Waals surface area contributed by atoms with Gasteiger partial charge in [-0.15, -0.1) is 0 Å². The Labute approximate surface area is 110 Å². The normalized spacial score (nSPS) is 10.6. The van der Waals surface area contributed by atoms with Gasteiger partial charge in [0.15, 0.2) is 5.82 Å². The average Bonchev–Trinajstić information content (AvgIpc) is 2.77. The molecule has 100 valence electrons. The van der Waals surface area contributed by atoms with Crippen molar-refractivity contribution in [1.82, 2.24) is 14.8 Å². The molecular weight excluding hydrogens is 246 g/mol. The molecule has 0 spiro atoms. The fourth-order valence-corrected chi connectivity index (χ4v) is 2.01. The zero-order valence-corrected chi connectivity index (χ0v) is 10.8. The number of nitrogens with two attached hydrogens (primary N) is 1. The molecule has 2 rings (SSSR count). The van der Waals surface area contributed by atoms with Gasteiger partial charge < -0.3 is 5.73 Å². The van der Waals surface area contributed by atoms with E-state index in [4.69, 9.17) is 5.73 Å². The second-order valence-corrected chi connectivity index (χ2v) is 4.04. The predicted octanol–water partition coefficient (Wildman–Crippen LogP) is 1.88. The Kier molecular flexibility index (Phi) is 3.46. The summed E-state index contributed by atoms with van der Waals surface area (Å²) in [5.74, 6) is 0.857. The number of anilines is 1. The molecule has 0 radical (unpaired) electrons. The minimum absolute atomic E-state index is 0.0780. The van der Waals surface area contributed by atoms with Crippen LogP contribution in [0.15, 0.2) is 18.2 Å². The second-order valence-electron chi connectivity index (χ2n) is 4.04. The quantitative estimate of drug-likeness (QED) is 0.669. The van der Waals surface area contributed by atoms with Crippen molar-refractivity contribution >= 4 is 11.5 Å². The minimum atomic E-state index is -0.381. The maximum atomic E-state index is 11.2. The van der Waals surface area contributed by atoms with Crippen LogP contribution in [0, 0.1) is 10.1 Å². The average molecular weight is 261 g/mol. The van der Waals surface area contributed by atoms with E-state index < -0.39 is 0 Å². The molecule has 0 aliphatic rings. The molecule has 0 amide bonds. The first-order chi connectivity index (χ1) is 9.08. The molecule has 2 N–H and O–H groups in total. The molecule has 19 heavy (non-hydrogen) atoms. The SMILES string of the molecule is CCc1nn(-c2cccc(N)n2)c(CC)c1[N+](=O)[O-]. The van der Waals surface area contributed by atoms with Crippen LogP contribution < -0.4 is 5.73 Å². The first-order valence-corrected chi connectivity index (χ1v) is 6.06. The molecule has 2 aromatic heterocycles. The number of rotatable bonds is 4. The molecule has 0 saturated heterocycles. The molecule has 0 atom stereocenters. The van der Waals surface area contributed by atoms with Gasteiger partial charge in [-0.25, -0.2) is 9.67 Å². The number of pyridine rings is 1. The van der Waals surface area contributed by atoms with Gasteiger partial charge in [-0.2, -0.15) is 5.10 Å². The summed E-state index contributed by atoms with van der Waals surface area (Å²) in [6, 6.07) is 5.13. The van der Waals surface area contributed by atoms with Gasteiger partial charge in [0.05, 0.1) is 4.92 Å². The number of aromatic nitrogens is 3. The van der Waals surface area contributed by atoms with E-state index in [2.05, 4.69) is 10.1 Å². The maximum absolute atomic E-state index is 11.2. The Morgan fingerprint density at radius 3 is 2.63 bits per heavy atom. The first kappa shape index (κ1) is 13.0. The highest BCUT2D eigenvalue weighted by Crippen LogP contribution is 2.26. The van der Waals surface area contributed by atoms with Crippen LogP contribution in [0.5, 0.6) is 0 Å². The highest BCUT2D eigenvalue weighted by atomic mass is 16.6. The van der Waals surface area contributed by atoms with Crippen LogP contribution in [0.4, 0.5) is 11.5 Å². The van der Waals surface area contributed by atoms with Gasteiger partial charge in [-0.3, -0.25) is 10.1 Å². The van der Waals surface area contributed by atoms with Crippen LogP contribution >= 0.6 is 0 Å². The van der Waals surface area contributed by atoms with Crippen molar-refractivity contribution in [2.45, 2.75) is 26.7 Å². The van der Waals surface area contributed by atoms with Crippen molar-refractivity contribution in [3.05, 3.63) is 39.7 Å². The topological polar surface area (TPSA) is 99.9 Å². The summed E-state index contributed by atoms with van der Waals surface area (Å²) < 4.78 is 1.51. The molecule has 0 bridgehead atoms. The van der Waals surface area contributed by atoms with Crippen molar-refractivity contribution in [2.75, 3.05) is 5.73 Å². The molecular formula is C12H15N5O2. The fraction of sp³-hybridized carbons (Fsp3) is 0.333. The second kappa shape index (κ2) is 5.05. The Hall–Kier alpha value is -2.44. The molecule has 0 aliphatic heterocycles. The summed E-state index contributed by atoms with van der Waals surface area (Å²) in [5, 5.41) is 15.5. The number of hydrogen-bond donors (Lipinski definition) is 1. The van der Waals surface area contributed by atoms with E-state index in [1.165, 1.54) is 4.68 Å². The van der Waals surface area contributed by atoms with Crippen molar-refractivity contribution in [3.8, 4) is 5.82 Å². The molecule has 7 nitrogen and oxygen atoms in total. The fourth-order valence-electron chi connectivity index (χ4n) is 2.01. The highest BCUT2D eigenvalue weighted by Gasteiger charge is 2.26. The van der Waals surface area contributed by atoms with Crippen LogP contribution in [0.2, 0.25) is 0 Å². The van der Waals surface area contributed by atoms with Crippen LogP contribution in [0.25, 0.3) is 5.82 Å². The van der Waals surface area contributed by atoms with Crippen LogP contribution in [0.1, 0.15) is 25.2 Å². The largest absolute Gasteiger partial charge is 0.384 e. The van der Waals surface area contributed by atoms with Crippen LogP contribution in [-0.2, 0) is 12.8 Å². The highest BCUT2D eigenvalue weighted by molar-refractivity contribution is 5.46. The number of nitrogen functional groups attached to an aromatic ring is 1. The Morgan fingerprint density at radius 1 is 1.37 bits per heavy atom. The van der Waals surface area contributed by atoms with Crippen molar-refractivity contribution in [3.63, 3.8) is 0 Å². The molecule has 2 aromatic rings. The summed E-state index contributed by atoms with van der Waals surface area (Å²) in [6.45, 7) is 3.69. The summed E-state index contributed by atoms with van der Waals surface area (Å²) >= 11 is 0. The predicted molar refractivity (Wildman–Crippen MR) is 71.2 cm³/mol. The number of aryl methyl sites for hydroxylation is 1. The molecule has 0 saturated carbocycles. The summed E-state index contributed by atoms with van der Waals surface area (Å²) in [6.07, 6.45) is 0.998. The van der Waals surface area contributed by atoms with Gasteiger partial charge in [0.25, 0.3) is 0 Å². The van der Waals surface area contributed by atoms with Gasteiger partial charge in [0.1, 0.15) is 17.2 Å². The van der Waals surface area contributed by atoms with E-state index in [1.807, 2.05) is 13.8 Å². The molecule has 0 aliphatic carbocycles. The summed E-state index contributed by atoms with van der Waals surface area (Å²) in [7, 11) is 0. The number of nitrogens with zero attached hydrogens (tertiary/aromatic N) is 4. The van der Waals surface area contributed by atoms with E-state index in [1.54, 1.807) is 18.2 Å². The van der Waals surface area contributed by atoms with Crippen LogP contribution in [0.3, 0.4) is 0 Å². The van der Waals surface area contributed by atoms with Crippen LogP contribution in [-0.4, -0.2) is 19.7 Å². The Balaban J connectivity index is 2.67. The third-order valence-corrected chi connectivity index (χ3v) is 2.85. The molecule has 0 aromatic carbocycles. The van der Waals surface area contributed by atoms with Gasteiger partial charge >= 0.3 is 5.69 Å². The zero-order chi connectivity index (χ0) is 14.0. The Bertz CT molecular complexity index is 621. The van der Waals surface area contributed by atoms with Crippen molar-refractivity contribution in [2.24, 2.45) is 0 Å². The van der Waals surface area contributed by atoms with Gasteiger partial charge in [-0.05, 0) is 25.0 Å². The van der Waals surface area contributed by atoms with Crippen molar-refractivity contribution < 1.29 is 4.92 Å². The third kappa shape index (κ3) is 2.26. The van der Waals surface area contributed by atoms with E-state index in [0.29, 0.717) is 35.9 Å². The minimum Gasteiger partial charge on any atom is -0.384 e. The lowest BCUT2D eigenvalue weighted by atomic mass is 10.2. The summed E-state index contributed by atoms with van der Waals surface area (Å²) in [5.41, 5.74) is 6.72. The summed E-state index contributed by atoms with van der Waals surface area (Å²) in [4.78, 5) is 15.0. The third-order valence-electron chi connectivity index (χ3n) is 2.85. The maximum Gasteiger partial charge on any atom is 0.313 e. The molecule has 0 fully saturated rings. The lowest BCUT2D eigenvalue weighted by molar-refractivity contribution is -0.386. The van der Waals surface area contributed by atoms with E-state index in [-0.39, 0.29) is 10.6 Å². The lowest BCUT2D eigenvalue weighted by Crippen LogP contribution is -2.06. The van der Waals surface area contributed by atoms with Gasteiger partial charge in [0, 0.05) is 0 Å². The molecule has 2 heterocycles. The van der Waals surface area contributed by atoms with E-state index in [9.17, 15) is 10.1 Å². The molecule has 0 unspecified atom stereocenters. The monoisotopic (exact) mass is 261 g/mol. The first-order valence-electron chi connectivity index (χ1n) is 6.06. The Morgan fingerprint density at radius 2 is 2.11 bits per heavy atom. The zero-order valence-electron chi connectivity index (χ0n) is 10.8. The van der Waals surface area contributed by atoms with E-state index in [0.717, 1.165) is 0 Å². The van der Waals surface area contributed by atoms with Crippen molar-refractivity contribution in [1.29, 1.82) is 0 Å². The smallest absolute Gasteiger partial charge is 0.313 e. The number of nitro groups is 1. The standard InChI is InChI=1S/C12H15N5O2/c1-3-8-12(17(18)19)9(4-2)16(15-8)11-7-5-6-10(13)14-11/h5-7H,3-4H2,1-2H3,(H2,13,14).